The summed E-state index contributed by atoms with van der Waals surface area (Å²) in [5, 5.41) is 11.5. The third kappa shape index (κ3) is 2.44. The number of hydrogen-bond donors (Lipinski definition) is 1. The number of nitriles is 1. The van der Waals surface area contributed by atoms with Gasteiger partial charge in [0.15, 0.2) is 0 Å². The fraction of sp³-hybridized carbons (Fsp3) is 0.786. The highest BCUT2D eigenvalue weighted by Crippen LogP contribution is 2.46. The molecular formula is C14H21N3O2. The number of hydrogen-bond acceptors (Lipinski definition) is 3. The Balaban J connectivity index is 2.23. The summed E-state index contributed by atoms with van der Waals surface area (Å²) in [4.78, 5) is 25.7. The minimum atomic E-state index is -0.742. The summed E-state index contributed by atoms with van der Waals surface area (Å²) in [5.41, 5.74) is -0.695. The molecule has 1 heterocycles. The summed E-state index contributed by atoms with van der Waals surface area (Å²) >= 11 is 0. The first-order chi connectivity index (χ1) is 8.80. The standard InChI is InChI=1S/C14H21N3O2/c1-10-7-13(2,3)9-14(8-10)11(18)17(6-4-5-15)12(19)16-14/h10H,4,6-9H2,1-3H3,(H,16,19)/t10-,14+/m1/s1. The molecule has 0 aromatic rings. The number of carbonyl (C=O) groups is 2. The fourth-order valence-electron chi connectivity index (χ4n) is 3.87. The lowest BCUT2D eigenvalue weighted by Crippen LogP contribution is -2.54. The Labute approximate surface area is 113 Å². The van der Waals surface area contributed by atoms with Crippen LogP contribution in [-0.4, -0.2) is 28.9 Å². The van der Waals surface area contributed by atoms with E-state index in [2.05, 4.69) is 26.1 Å². The van der Waals surface area contributed by atoms with Gasteiger partial charge in [0, 0.05) is 6.54 Å². The molecule has 1 spiro atoms. The predicted molar refractivity (Wildman–Crippen MR) is 70.0 cm³/mol. The van der Waals surface area contributed by atoms with Gasteiger partial charge >= 0.3 is 6.03 Å². The van der Waals surface area contributed by atoms with Gasteiger partial charge in [0.1, 0.15) is 5.54 Å². The molecule has 1 N–H and O–H groups in total. The van der Waals surface area contributed by atoms with Crippen LogP contribution in [0.4, 0.5) is 4.79 Å². The Morgan fingerprint density at radius 2 is 2.11 bits per heavy atom. The van der Waals surface area contributed by atoms with Crippen LogP contribution >= 0.6 is 0 Å². The summed E-state index contributed by atoms with van der Waals surface area (Å²) in [6.07, 6.45) is 2.63. The maximum Gasteiger partial charge on any atom is 0.325 e. The molecule has 3 amide bonds. The van der Waals surface area contributed by atoms with Crippen LogP contribution in [0.15, 0.2) is 0 Å². The van der Waals surface area contributed by atoms with Crippen molar-refractivity contribution in [2.75, 3.05) is 6.54 Å². The van der Waals surface area contributed by atoms with Gasteiger partial charge in [-0.3, -0.25) is 9.69 Å². The zero-order valence-electron chi connectivity index (χ0n) is 11.8. The lowest BCUT2D eigenvalue weighted by Gasteiger charge is -2.43. The first kappa shape index (κ1) is 13.9. The van der Waals surface area contributed by atoms with E-state index in [0.717, 1.165) is 6.42 Å². The third-order valence-corrected chi connectivity index (χ3v) is 4.07. The molecule has 1 saturated heterocycles. The van der Waals surface area contributed by atoms with Crippen LogP contribution in [0.25, 0.3) is 0 Å². The highest BCUT2D eigenvalue weighted by molar-refractivity contribution is 6.07. The van der Waals surface area contributed by atoms with Crippen molar-refractivity contribution in [3.8, 4) is 6.07 Å². The lowest BCUT2D eigenvalue weighted by atomic mass is 9.64. The first-order valence-corrected chi connectivity index (χ1v) is 6.81. The lowest BCUT2D eigenvalue weighted by molar-refractivity contribution is -0.134. The Morgan fingerprint density at radius 1 is 1.42 bits per heavy atom. The average Bonchev–Trinajstić information content (AvgIpc) is 2.45. The molecule has 2 rings (SSSR count). The number of urea groups is 1. The summed E-state index contributed by atoms with van der Waals surface area (Å²) < 4.78 is 0. The molecule has 0 radical (unpaired) electrons. The van der Waals surface area contributed by atoms with Crippen molar-refractivity contribution in [2.45, 2.75) is 52.0 Å². The van der Waals surface area contributed by atoms with Crippen LogP contribution < -0.4 is 5.32 Å². The summed E-state index contributed by atoms with van der Waals surface area (Å²) in [6, 6.07) is 1.64. The van der Waals surface area contributed by atoms with Crippen molar-refractivity contribution < 1.29 is 9.59 Å². The number of amides is 3. The Hall–Kier alpha value is -1.57. The summed E-state index contributed by atoms with van der Waals surface area (Å²) in [6.45, 7) is 6.60. The van der Waals surface area contributed by atoms with Gasteiger partial charge in [0.25, 0.3) is 5.91 Å². The van der Waals surface area contributed by atoms with E-state index >= 15 is 0 Å². The topological polar surface area (TPSA) is 73.2 Å². The number of imide groups is 1. The Morgan fingerprint density at radius 3 is 2.68 bits per heavy atom. The van der Waals surface area contributed by atoms with Gasteiger partial charge in [-0.05, 0) is 30.6 Å². The van der Waals surface area contributed by atoms with Crippen LogP contribution in [0.3, 0.4) is 0 Å². The molecule has 1 aliphatic heterocycles. The second-order valence-corrected chi connectivity index (χ2v) is 6.73. The van der Waals surface area contributed by atoms with Crippen LogP contribution in [0, 0.1) is 22.7 Å². The van der Waals surface area contributed by atoms with E-state index in [-0.39, 0.29) is 30.3 Å². The first-order valence-electron chi connectivity index (χ1n) is 6.81. The zero-order chi connectivity index (χ0) is 14.3. The van der Waals surface area contributed by atoms with Gasteiger partial charge in [-0.15, -0.1) is 0 Å². The summed E-state index contributed by atoms with van der Waals surface area (Å²) in [7, 11) is 0. The SMILES string of the molecule is C[C@@H]1CC(C)(C)C[C@]2(C1)NC(=O)N(CCC#N)C2=O. The predicted octanol–water partition coefficient (Wildman–Crippen LogP) is 2.04. The minimum Gasteiger partial charge on any atom is -0.323 e. The van der Waals surface area contributed by atoms with Crippen molar-refractivity contribution in [2.24, 2.45) is 11.3 Å². The highest BCUT2D eigenvalue weighted by Gasteiger charge is 2.55. The van der Waals surface area contributed by atoms with Gasteiger partial charge in [0.2, 0.25) is 0 Å². The van der Waals surface area contributed by atoms with Crippen molar-refractivity contribution in [1.29, 1.82) is 5.26 Å². The molecule has 2 fully saturated rings. The van der Waals surface area contributed by atoms with Crippen LogP contribution in [0.1, 0.15) is 46.5 Å². The van der Waals surface area contributed by atoms with Crippen LogP contribution in [0.2, 0.25) is 0 Å². The largest absolute Gasteiger partial charge is 0.325 e. The minimum absolute atomic E-state index is 0.0475. The molecule has 5 heteroatoms. The highest BCUT2D eigenvalue weighted by atomic mass is 16.2. The molecule has 5 nitrogen and oxygen atoms in total. The molecule has 0 unspecified atom stereocenters. The van der Waals surface area contributed by atoms with E-state index in [1.54, 1.807) is 0 Å². The van der Waals surface area contributed by atoms with E-state index in [1.807, 2.05) is 6.07 Å². The molecule has 1 aliphatic carbocycles. The van der Waals surface area contributed by atoms with Crippen LogP contribution in [0.5, 0.6) is 0 Å². The molecule has 2 aliphatic rings. The van der Waals surface area contributed by atoms with Crippen molar-refractivity contribution in [1.82, 2.24) is 10.2 Å². The Kier molecular flexibility index (Phi) is 3.29. The molecule has 19 heavy (non-hydrogen) atoms. The number of carbonyl (C=O) groups excluding carboxylic acids is 2. The normalized spacial score (nSPS) is 33.4. The fourth-order valence-corrected chi connectivity index (χ4v) is 3.87. The zero-order valence-corrected chi connectivity index (χ0v) is 11.8. The maximum absolute atomic E-state index is 12.6. The van der Waals surface area contributed by atoms with Crippen LogP contribution in [-0.2, 0) is 4.79 Å². The molecule has 0 aromatic heterocycles. The van der Waals surface area contributed by atoms with E-state index < -0.39 is 5.54 Å². The second-order valence-electron chi connectivity index (χ2n) is 6.73. The number of nitrogens with one attached hydrogen (secondary N) is 1. The van der Waals surface area contributed by atoms with Gasteiger partial charge < -0.3 is 5.32 Å². The quantitative estimate of drug-likeness (QED) is 0.775. The maximum atomic E-state index is 12.6. The molecule has 2 atom stereocenters. The third-order valence-electron chi connectivity index (χ3n) is 4.07. The number of rotatable bonds is 2. The number of nitrogens with zero attached hydrogens (tertiary/aromatic N) is 2. The molecule has 0 aromatic carbocycles. The van der Waals surface area contributed by atoms with Crippen molar-refractivity contribution in [3.05, 3.63) is 0 Å². The van der Waals surface area contributed by atoms with E-state index in [4.69, 9.17) is 5.26 Å². The van der Waals surface area contributed by atoms with Crippen molar-refractivity contribution >= 4 is 11.9 Å². The van der Waals surface area contributed by atoms with E-state index in [9.17, 15) is 9.59 Å². The van der Waals surface area contributed by atoms with Gasteiger partial charge in [-0.1, -0.05) is 20.8 Å². The molecule has 0 bridgehead atoms. The molecule has 104 valence electrons. The van der Waals surface area contributed by atoms with Gasteiger partial charge in [-0.2, -0.15) is 5.26 Å². The summed E-state index contributed by atoms with van der Waals surface area (Å²) in [5.74, 6) is 0.260. The average molecular weight is 263 g/mol. The van der Waals surface area contributed by atoms with E-state index in [0.29, 0.717) is 18.8 Å². The van der Waals surface area contributed by atoms with Gasteiger partial charge in [-0.25, -0.2) is 4.79 Å². The smallest absolute Gasteiger partial charge is 0.323 e. The monoisotopic (exact) mass is 263 g/mol. The Bertz CT molecular complexity index is 452. The van der Waals surface area contributed by atoms with Crippen molar-refractivity contribution in [3.63, 3.8) is 0 Å². The molecular weight excluding hydrogens is 242 g/mol. The molecule has 1 saturated carbocycles. The second kappa shape index (κ2) is 4.52. The van der Waals surface area contributed by atoms with E-state index in [1.165, 1.54) is 4.90 Å². The van der Waals surface area contributed by atoms with Gasteiger partial charge in [0.05, 0.1) is 12.5 Å².